The van der Waals surface area contributed by atoms with E-state index in [9.17, 15) is 14.0 Å². The molecule has 10 heteroatoms. The van der Waals surface area contributed by atoms with Crippen LogP contribution in [-0.2, 0) is 14.0 Å². The molecule has 2 aliphatic rings. The van der Waals surface area contributed by atoms with Gasteiger partial charge in [0.15, 0.2) is 0 Å². The molecule has 2 saturated heterocycles. The van der Waals surface area contributed by atoms with E-state index >= 15 is 4.39 Å². The summed E-state index contributed by atoms with van der Waals surface area (Å²) in [5.41, 5.74) is -2.57. The molecular formula is C24H35BF2N2O5. The fourth-order valence-electron chi connectivity index (χ4n) is 3.96. The number of piperidine rings is 1. The second-order valence-electron chi connectivity index (χ2n) is 11.0. The minimum Gasteiger partial charge on any atom is -0.444 e. The molecule has 34 heavy (non-hydrogen) atoms. The van der Waals surface area contributed by atoms with Gasteiger partial charge in [0.05, 0.1) is 11.2 Å². The number of hydrogen-bond acceptors (Lipinski definition) is 5. The highest BCUT2D eigenvalue weighted by molar-refractivity contribution is 6.62. The number of nitrogens with one attached hydrogen (secondary N) is 1. The van der Waals surface area contributed by atoms with Gasteiger partial charge in [-0.05, 0) is 73.3 Å². The molecular weight excluding hydrogens is 445 g/mol. The van der Waals surface area contributed by atoms with Gasteiger partial charge in [0, 0.05) is 25.1 Å². The highest BCUT2D eigenvalue weighted by Crippen LogP contribution is 2.37. The van der Waals surface area contributed by atoms with Crippen LogP contribution >= 0.6 is 0 Å². The van der Waals surface area contributed by atoms with Crippen molar-refractivity contribution in [1.29, 1.82) is 0 Å². The van der Waals surface area contributed by atoms with Crippen LogP contribution in [0.1, 0.15) is 71.7 Å². The number of hydrogen-bond donors (Lipinski definition) is 1. The summed E-state index contributed by atoms with van der Waals surface area (Å²) < 4.78 is 47.0. The van der Waals surface area contributed by atoms with E-state index in [4.69, 9.17) is 14.0 Å². The van der Waals surface area contributed by atoms with E-state index in [2.05, 4.69) is 5.32 Å². The molecule has 0 atom stereocenters. The molecule has 0 spiro atoms. The van der Waals surface area contributed by atoms with E-state index < -0.39 is 53.1 Å². The van der Waals surface area contributed by atoms with Crippen LogP contribution in [0.2, 0.25) is 0 Å². The van der Waals surface area contributed by atoms with E-state index in [0.717, 1.165) is 6.07 Å². The molecule has 188 valence electrons. The predicted molar refractivity (Wildman–Crippen MR) is 125 cm³/mol. The Morgan fingerprint density at radius 3 is 2.21 bits per heavy atom. The van der Waals surface area contributed by atoms with Gasteiger partial charge in [-0.15, -0.1) is 0 Å². The summed E-state index contributed by atoms with van der Waals surface area (Å²) >= 11 is 0. The van der Waals surface area contributed by atoms with Crippen LogP contribution in [0.3, 0.4) is 0 Å². The summed E-state index contributed by atoms with van der Waals surface area (Å²) in [5, 5.41) is 2.74. The number of carbonyl (C=O) groups excluding carboxylic acids is 2. The molecule has 0 aliphatic carbocycles. The fraction of sp³-hybridized carbons (Fsp3) is 0.667. The van der Waals surface area contributed by atoms with Crippen molar-refractivity contribution in [2.24, 2.45) is 5.92 Å². The Morgan fingerprint density at radius 2 is 1.68 bits per heavy atom. The van der Waals surface area contributed by atoms with Crippen molar-refractivity contribution >= 4 is 24.6 Å². The van der Waals surface area contributed by atoms with Crippen LogP contribution in [0.4, 0.5) is 13.6 Å². The Morgan fingerprint density at radius 1 is 1.12 bits per heavy atom. The van der Waals surface area contributed by atoms with Gasteiger partial charge in [-0.25, -0.2) is 13.6 Å². The van der Waals surface area contributed by atoms with Crippen molar-refractivity contribution in [3.8, 4) is 0 Å². The Hall–Kier alpha value is -2.20. The molecule has 2 amide bonds. The van der Waals surface area contributed by atoms with Crippen LogP contribution in [0.5, 0.6) is 0 Å². The number of ether oxygens (including phenoxy) is 1. The van der Waals surface area contributed by atoms with Gasteiger partial charge in [0.2, 0.25) is 0 Å². The number of nitrogens with zero attached hydrogens (tertiary/aromatic N) is 1. The summed E-state index contributed by atoms with van der Waals surface area (Å²) in [7, 11) is -1.04. The predicted octanol–water partition coefficient (Wildman–Crippen LogP) is 3.64. The second kappa shape index (κ2) is 9.45. The topological polar surface area (TPSA) is 77.1 Å². The fourth-order valence-corrected chi connectivity index (χ4v) is 3.96. The maximum absolute atomic E-state index is 15.4. The minimum absolute atomic E-state index is 0.000142. The number of rotatable bonds is 4. The zero-order chi connectivity index (χ0) is 25.5. The summed E-state index contributed by atoms with van der Waals surface area (Å²) in [4.78, 5) is 26.4. The maximum atomic E-state index is 15.4. The van der Waals surface area contributed by atoms with Crippen LogP contribution in [-0.4, -0.2) is 60.5 Å². The summed E-state index contributed by atoms with van der Waals surface area (Å²) in [6.07, 6.45) is 0.707. The first-order valence-corrected chi connectivity index (χ1v) is 11.7. The van der Waals surface area contributed by atoms with Crippen LogP contribution in [0, 0.1) is 17.6 Å². The smallest absolute Gasteiger partial charge is 0.444 e. The largest absolute Gasteiger partial charge is 0.497 e. The van der Waals surface area contributed by atoms with Crippen molar-refractivity contribution < 1.29 is 32.4 Å². The number of halogens is 2. The first kappa shape index (κ1) is 26.4. The average Bonchev–Trinajstić information content (AvgIpc) is 2.92. The molecule has 7 nitrogen and oxygen atoms in total. The van der Waals surface area contributed by atoms with Crippen molar-refractivity contribution in [2.75, 3.05) is 19.6 Å². The van der Waals surface area contributed by atoms with E-state index in [1.54, 1.807) is 20.8 Å². The van der Waals surface area contributed by atoms with Gasteiger partial charge in [-0.1, -0.05) is 6.07 Å². The van der Waals surface area contributed by atoms with Crippen LogP contribution < -0.4 is 10.8 Å². The Bertz CT molecular complexity index is 924. The van der Waals surface area contributed by atoms with Crippen molar-refractivity contribution in [3.05, 3.63) is 29.3 Å². The van der Waals surface area contributed by atoms with Crippen LogP contribution in [0.15, 0.2) is 12.1 Å². The molecule has 2 heterocycles. The van der Waals surface area contributed by atoms with Crippen molar-refractivity contribution in [3.63, 3.8) is 0 Å². The number of likely N-dealkylation sites (tertiary alicyclic amines) is 1. The van der Waals surface area contributed by atoms with Gasteiger partial charge in [0.1, 0.15) is 22.8 Å². The van der Waals surface area contributed by atoms with Gasteiger partial charge in [-0.2, -0.15) is 0 Å². The Kier molecular flexibility index (Phi) is 7.34. The van der Waals surface area contributed by atoms with Gasteiger partial charge >= 0.3 is 13.2 Å². The third kappa shape index (κ3) is 5.71. The molecule has 0 bridgehead atoms. The molecule has 0 unspecified atom stereocenters. The summed E-state index contributed by atoms with van der Waals surface area (Å²) in [6.45, 7) is 13.8. The summed E-state index contributed by atoms with van der Waals surface area (Å²) in [5.74, 6) is -2.44. The number of benzene rings is 1. The van der Waals surface area contributed by atoms with E-state index in [-0.39, 0.29) is 11.4 Å². The second-order valence-corrected chi connectivity index (χ2v) is 11.0. The highest BCUT2D eigenvalue weighted by atomic mass is 19.1. The first-order valence-electron chi connectivity index (χ1n) is 11.7. The lowest BCUT2D eigenvalue weighted by atomic mass is 9.77. The van der Waals surface area contributed by atoms with Gasteiger partial charge < -0.3 is 24.3 Å². The van der Waals surface area contributed by atoms with E-state index in [1.807, 2.05) is 27.7 Å². The molecule has 1 aromatic carbocycles. The SMILES string of the molecule is CC(C)(C)OC(=O)NCC1CCN(C(=O)c2c(F)ccc(B3OC(C)(C)C(C)(C)O3)c2F)CC1. The number of carbonyl (C=O) groups is 2. The molecule has 3 rings (SSSR count). The van der Waals surface area contributed by atoms with Crippen LogP contribution in [0.25, 0.3) is 0 Å². The van der Waals surface area contributed by atoms with Crippen molar-refractivity contribution in [2.45, 2.75) is 78.1 Å². The zero-order valence-corrected chi connectivity index (χ0v) is 21.1. The van der Waals surface area contributed by atoms with Crippen molar-refractivity contribution in [1.82, 2.24) is 10.2 Å². The molecule has 0 saturated carbocycles. The zero-order valence-electron chi connectivity index (χ0n) is 21.1. The normalized spacial score (nSPS) is 20.4. The number of alkyl carbamates (subject to hydrolysis) is 1. The monoisotopic (exact) mass is 480 g/mol. The van der Waals surface area contributed by atoms with Gasteiger partial charge in [-0.3, -0.25) is 4.79 Å². The number of amides is 2. The molecule has 2 aliphatic heterocycles. The van der Waals surface area contributed by atoms with E-state index in [1.165, 1.54) is 11.0 Å². The summed E-state index contributed by atoms with van der Waals surface area (Å²) in [6, 6.07) is 2.34. The van der Waals surface area contributed by atoms with Gasteiger partial charge in [0.25, 0.3) is 5.91 Å². The standard InChI is InChI=1S/C24H35BF2N2O5/c1-22(2,3)32-21(31)28-14-15-10-12-29(13-11-15)20(30)18-17(26)9-8-16(19(18)27)25-33-23(4,5)24(6,7)34-25/h8-9,15H,10-14H2,1-7H3,(H,28,31). The maximum Gasteiger partial charge on any atom is 0.497 e. The minimum atomic E-state index is -1.04. The third-order valence-corrected chi connectivity index (χ3v) is 6.68. The lowest BCUT2D eigenvalue weighted by Crippen LogP contribution is -2.44. The Balaban J connectivity index is 1.65. The molecule has 1 aromatic rings. The molecule has 0 aromatic heterocycles. The highest BCUT2D eigenvalue weighted by Gasteiger charge is 2.53. The molecule has 1 N–H and O–H groups in total. The van der Waals surface area contributed by atoms with E-state index in [0.29, 0.717) is 32.5 Å². The third-order valence-electron chi connectivity index (χ3n) is 6.68. The average molecular weight is 480 g/mol. The first-order chi connectivity index (χ1) is 15.6. The lowest BCUT2D eigenvalue weighted by molar-refractivity contribution is 0.00578. The molecule has 2 fully saturated rings. The Labute approximate surface area is 200 Å². The quantitative estimate of drug-likeness (QED) is 0.667. The lowest BCUT2D eigenvalue weighted by Gasteiger charge is -2.32. The molecule has 0 radical (unpaired) electrons.